The molecular formula is C18H20N4O4S. The quantitative estimate of drug-likeness (QED) is 0.678. The van der Waals surface area contributed by atoms with E-state index in [1.54, 1.807) is 6.92 Å². The molecule has 1 aliphatic heterocycles. The van der Waals surface area contributed by atoms with Gasteiger partial charge in [0.15, 0.2) is 0 Å². The Morgan fingerprint density at radius 3 is 2.48 bits per heavy atom. The fourth-order valence-corrected chi connectivity index (χ4v) is 4.46. The number of aromatic nitrogens is 2. The van der Waals surface area contributed by atoms with Crippen LogP contribution in [0.2, 0.25) is 0 Å². The molecule has 2 aromatic heterocycles. The van der Waals surface area contributed by atoms with Crippen molar-refractivity contribution in [2.45, 2.75) is 18.9 Å². The zero-order chi connectivity index (χ0) is 19.0. The number of rotatable bonds is 4. The van der Waals surface area contributed by atoms with Crippen LogP contribution < -0.4 is 4.90 Å². The van der Waals surface area contributed by atoms with Gasteiger partial charge in [-0.05, 0) is 24.6 Å². The summed E-state index contributed by atoms with van der Waals surface area (Å²) in [5.74, 6) is 0.643. The molecule has 1 aromatic carbocycles. The smallest absolute Gasteiger partial charge is 0.276 e. The number of aryl methyl sites for hydroxylation is 2. The summed E-state index contributed by atoms with van der Waals surface area (Å²) in [6.07, 6.45) is 1.32. The van der Waals surface area contributed by atoms with E-state index in [4.69, 9.17) is 8.83 Å². The predicted molar refractivity (Wildman–Crippen MR) is 98.9 cm³/mol. The van der Waals surface area contributed by atoms with Crippen molar-refractivity contribution in [3.63, 3.8) is 0 Å². The molecule has 0 radical (unpaired) electrons. The van der Waals surface area contributed by atoms with Crippen LogP contribution in [0, 0.1) is 13.8 Å². The summed E-state index contributed by atoms with van der Waals surface area (Å²) in [5, 5.41) is 7.51. The van der Waals surface area contributed by atoms with E-state index in [0.29, 0.717) is 37.6 Å². The summed E-state index contributed by atoms with van der Waals surface area (Å²) < 4.78 is 37.8. The van der Waals surface area contributed by atoms with Gasteiger partial charge in [0.1, 0.15) is 6.26 Å². The minimum atomic E-state index is -3.71. The molecule has 0 spiro atoms. The Morgan fingerprint density at radius 1 is 1.04 bits per heavy atom. The molecule has 8 nitrogen and oxygen atoms in total. The number of hydrogen-bond donors (Lipinski definition) is 0. The Hall–Kier alpha value is -2.65. The van der Waals surface area contributed by atoms with Crippen molar-refractivity contribution >= 4 is 15.7 Å². The Morgan fingerprint density at radius 2 is 1.81 bits per heavy atom. The topological polar surface area (TPSA) is 92.7 Å². The van der Waals surface area contributed by atoms with Gasteiger partial charge >= 0.3 is 0 Å². The van der Waals surface area contributed by atoms with Gasteiger partial charge in [-0.2, -0.15) is 4.31 Å². The van der Waals surface area contributed by atoms with Gasteiger partial charge in [0.2, 0.25) is 11.0 Å². The Labute approximate surface area is 157 Å². The third-order valence-electron chi connectivity index (χ3n) is 4.55. The first kappa shape index (κ1) is 17.7. The van der Waals surface area contributed by atoms with Crippen molar-refractivity contribution in [3.05, 3.63) is 48.0 Å². The monoisotopic (exact) mass is 388 g/mol. The number of anilines is 1. The number of nitrogens with zero attached hydrogens (tertiary/aromatic N) is 4. The minimum Gasteiger partial charge on any atom is -0.451 e. The number of sulfonamides is 1. The number of benzene rings is 1. The molecule has 3 heterocycles. The molecule has 9 heteroatoms. The molecule has 0 N–H and O–H groups in total. The molecule has 1 fully saturated rings. The first-order valence-electron chi connectivity index (χ1n) is 8.64. The summed E-state index contributed by atoms with van der Waals surface area (Å²) in [6.45, 7) is 5.75. The van der Waals surface area contributed by atoms with E-state index >= 15 is 0 Å². The Bertz CT molecular complexity index is 1050. The second kappa shape index (κ2) is 6.82. The van der Waals surface area contributed by atoms with Crippen LogP contribution in [0.4, 0.5) is 5.69 Å². The van der Waals surface area contributed by atoms with Gasteiger partial charge in [-0.15, -0.1) is 10.2 Å². The molecule has 27 heavy (non-hydrogen) atoms. The van der Waals surface area contributed by atoms with E-state index in [1.807, 2.05) is 25.1 Å². The van der Waals surface area contributed by atoms with Gasteiger partial charge in [0.05, 0.1) is 5.56 Å². The van der Waals surface area contributed by atoms with E-state index < -0.39 is 10.0 Å². The third kappa shape index (κ3) is 3.47. The third-order valence-corrected chi connectivity index (χ3v) is 6.32. The van der Waals surface area contributed by atoms with Crippen LogP contribution in [0.5, 0.6) is 0 Å². The molecule has 0 saturated carbocycles. The fourth-order valence-electron chi connectivity index (χ4n) is 3.12. The zero-order valence-electron chi connectivity index (χ0n) is 15.1. The average Bonchev–Trinajstić information content (AvgIpc) is 3.31. The van der Waals surface area contributed by atoms with Crippen LogP contribution in [0.25, 0.3) is 11.5 Å². The summed E-state index contributed by atoms with van der Waals surface area (Å²) in [6, 6.07) is 9.63. The van der Waals surface area contributed by atoms with Crippen LogP contribution in [0.15, 0.2) is 50.5 Å². The lowest BCUT2D eigenvalue weighted by Crippen LogP contribution is -2.48. The fraction of sp³-hybridized carbons (Fsp3) is 0.333. The lowest BCUT2D eigenvalue weighted by molar-refractivity contribution is 0.362. The second-order valence-electron chi connectivity index (χ2n) is 6.51. The molecular weight excluding hydrogens is 368 g/mol. The maximum Gasteiger partial charge on any atom is 0.276 e. The summed E-state index contributed by atoms with van der Waals surface area (Å²) in [5.41, 5.74) is 2.74. The first-order chi connectivity index (χ1) is 12.9. The van der Waals surface area contributed by atoms with Crippen LogP contribution >= 0.6 is 0 Å². The van der Waals surface area contributed by atoms with Gasteiger partial charge in [0.25, 0.3) is 15.9 Å². The maximum atomic E-state index is 12.9. The van der Waals surface area contributed by atoms with Gasteiger partial charge < -0.3 is 13.7 Å². The van der Waals surface area contributed by atoms with Crippen LogP contribution in [-0.4, -0.2) is 49.1 Å². The van der Waals surface area contributed by atoms with Crippen LogP contribution in [-0.2, 0) is 10.0 Å². The zero-order valence-corrected chi connectivity index (χ0v) is 15.9. The van der Waals surface area contributed by atoms with Crippen molar-refractivity contribution in [1.29, 1.82) is 0 Å². The maximum absolute atomic E-state index is 12.9. The van der Waals surface area contributed by atoms with Gasteiger partial charge in [-0.3, -0.25) is 0 Å². The van der Waals surface area contributed by atoms with Crippen molar-refractivity contribution in [2.75, 3.05) is 31.1 Å². The Balaban J connectivity index is 1.48. The molecule has 142 valence electrons. The summed E-state index contributed by atoms with van der Waals surface area (Å²) >= 11 is 0. The highest BCUT2D eigenvalue weighted by Crippen LogP contribution is 2.27. The number of hydrogen-bond acceptors (Lipinski definition) is 7. The second-order valence-corrected chi connectivity index (χ2v) is 8.38. The highest BCUT2D eigenvalue weighted by molar-refractivity contribution is 7.89. The van der Waals surface area contributed by atoms with Gasteiger partial charge in [-0.25, -0.2) is 8.42 Å². The average molecular weight is 388 g/mol. The molecule has 0 amide bonds. The van der Waals surface area contributed by atoms with E-state index in [0.717, 1.165) is 5.69 Å². The predicted octanol–water partition coefficient (Wildman–Crippen LogP) is 2.46. The van der Waals surface area contributed by atoms with Crippen molar-refractivity contribution < 1.29 is 17.3 Å². The SMILES string of the molecule is Cc1cccc(N2CCN(S(=O)(=O)c3cc(-c4nnc(C)o4)co3)CC2)c1. The van der Waals surface area contributed by atoms with Crippen molar-refractivity contribution in [2.24, 2.45) is 0 Å². The number of piperazine rings is 1. The van der Waals surface area contributed by atoms with Crippen molar-refractivity contribution in [1.82, 2.24) is 14.5 Å². The molecule has 0 aliphatic carbocycles. The van der Waals surface area contributed by atoms with E-state index in [2.05, 4.69) is 21.2 Å². The molecule has 1 saturated heterocycles. The van der Waals surface area contributed by atoms with Gasteiger partial charge in [0, 0.05) is 44.9 Å². The highest BCUT2D eigenvalue weighted by Gasteiger charge is 2.31. The lowest BCUT2D eigenvalue weighted by atomic mass is 10.2. The highest BCUT2D eigenvalue weighted by atomic mass is 32.2. The molecule has 4 rings (SSSR count). The van der Waals surface area contributed by atoms with E-state index in [9.17, 15) is 8.42 Å². The molecule has 1 aliphatic rings. The minimum absolute atomic E-state index is 0.114. The molecule has 0 bridgehead atoms. The summed E-state index contributed by atoms with van der Waals surface area (Å²) in [4.78, 5) is 2.19. The molecule has 0 atom stereocenters. The van der Waals surface area contributed by atoms with E-state index in [-0.39, 0.29) is 11.0 Å². The largest absolute Gasteiger partial charge is 0.451 e. The van der Waals surface area contributed by atoms with Gasteiger partial charge in [-0.1, -0.05) is 12.1 Å². The first-order valence-corrected chi connectivity index (χ1v) is 10.1. The molecule has 3 aromatic rings. The summed E-state index contributed by atoms with van der Waals surface area (Å²) in [7, 11) is -3.71. The standard InChI is InChI=1S/C18H20N4O4S/c1-13-4-3-5-16(10-13)21-6-8-22(9-7-21)27(23,24)17-11-15(12-25-17)18-20-19-14(2)26-18/h3-5,10-12H,6-9H2,1-2H3. The molecule has 0 unspecified atom stereocenters. The number of furan rings is 1. The lowest BCUT2D eigenvalue weighted by Gasteiger charge is -2.35. The van der Waals surface area contributed by atoms with Crippen molar-refractivity contribution in [3.8, 4) is 11.5 Å². The van der Waals surface area contributed by atoms with Crippen LogP contribution in [0.3, 0.4) is 0 Å². The Kier molecular flexibility index (Phi) is 4.48. The normalized spacial score (nSPS) is 16.0. The van der Waals surface area contributed by atoms with E-state index in [1.165, 1.54) is 22.2 Å². The van der Waals surface area contributed by atoms with Crippen LogP contribution in [0.1, 0.15) is 11.5 Å².